The molecule has 1 aromatic carbocycles. The van der Waals surface area contributed by atoms with Gasteiger partial charge >= 0.3 is 6.18 Å². The fourth-order valence-electron chi connectivity index (χ4n) is 1.33. The van der Waals surface area contributed by atoms with Gasteiger partial charge < -0.3 is 4.42 Å². The van der Waals surface area contributed by atoms with E-state index in [4.69, 9.17) is 16.0 Å². The monoisotopic (exact) mass is 262 g/mol. The zero-order valence-corrected chi connectivity index (χ0v) is 9.09. The maximum absolute atomic E-state index is 12.7. The Labute approximate surface area is 99.2 Å². The van der Waals surface area contributed by atoms with Gasteiger partial charge in [-0.1, -0.05) is 12.1 Å². The summed E-state index contributed by atoms with van der Waals surface area (Å²) in [6.07, 6.45) is -4.47. The van der Waals surface area contributed by atoms with Crippen LogP contribution in [-0.4, -0.2) is 10.2 Å². The van der Waals surface area contributed by atoms with Gasteiger partial charge in [-0.25, -0.2) is 0 Å². The average Bonchev–Trinajstić information content (AvgIpc) is 2.76. The molecule has 2 rings (SSSR count). The Balaban J connectivity index is 2.52. The van der Waals surface area contributed by atoms with E-state index < -0.39 is 11.7 Å². The Kier molecular flexibility index (Phi) is 3.06. The summed E-state index contributed by atoms with van der Waals surface area (Å²) >= 11 is 5.44. The van der Waals surface area contributed by atoms with Gasteiger partial charge in [0.15, 0.2) is 0 Å². The first kappa shape index (κ1) is 11.9. The topological polar surface area (TPSA) is 38.9 Å². The minimum absolute atomic E-state index is 0.0405. The van der Waals surface area contributed by atoms with E-state index in [1.54, 1.807) is 0 Å². The second-order valence-electron chi connectivity index (χ2n) is 3.18. The fraction of sp³-hybridized carbons (Fsp3) is 0.200. The van der Waals surface area contributed by atoms with Gasteiger partial charge in [0, 0.05) is 0 Å². The first-order valence-electron chi connectivity index (χ1n) is 4.57. The molecule has 0 aliphatic carbocycles. The van der Waals surface area contributed by atoms with Gasteiger partial charge in [0.1, 0.15) is 5.88 Å². The lowest BCUT2D eigenvalue weighted by molar-refractivity contribution is -0.137. The molecule has 7 heteroatoms. The molecular weight excluding hydrogens is 257 g/mol. The second kappa shape index (κ2) is 4.37. The van der Waals surface area contributed by atoms with Gasteiger partial charge in [-0.15, -0.1) is 21.8 Å². The Morgan fingerprint density at radius 2 is 1.88 bits per heavy atom. The molecule has 90 valence electrons. The smallest absolute Gasteiger partial charge is 0.417 e. The normalized spacial score (nSPS) is 11.8. The molecule has 1 aromatic heterocycles. The van der Waals surface area contributed by atoms with Crippen molar-refractivity contribution in [1.29, 1.82) is 0 Å². The third kappa shape index (κ3) is 2.41. The van der Waals surface area contributed by atoms with Crippen LogP contribution < -0.4 is 0 Å². The molecule has 0 fully saturated rings. The van der Waals surface area contributed by atoms with Gasteiger partial charge in [-0.3, -0.25) is 0 Å². The number of alkyl halides is 4. The zero-order valence-electron chi connectivity index (χ0n) is 8.33. The van der Waals surface area contributed by atoms with Crippen molar-refractivity contribution in [1.82, 2.24) is 10.2 Å². The minimum atomic E-state index is -4.47. The van der Waals surface area contributed by atoms with E-state index in [0.717, 1.165) is 6.07 Å². The van der Waals surface area contributed by atoms with Crippen molar-refractivity contribution in [2.24, 2.45) is 0 Å². The molecule has 0 radical (unpaired) electrons. The lowest BCUT2D eigenvalue weighted by Crippen LogP contribution is -2.06. The van der Waals surface area contributed by atoms with Crippen LogP contribution in [0.3, 0.4) is 0 Å². The molecule has 0 spiro atoms. The van der Waals surface area contributed by atoms with Crippen molar-refractivity contribution in [2.45, 2.75) is 12.1 Å². The van der Waals surface area contributed by atoms with Crippen LogP contribution in [0.15, 0.2) is 28.7 Å². The van der Waals surface area contributed by atoms with Gasteiger partial charge in [0.05, 0.1) is 11.1 Å². The summed E-state index contributed by atoms with van der Waals surface area (Å²) in [5, 5.41) is 7.05. The van der Waals surface area contributed by atoms with E-state index in [1.807, 2.05) is 0 Å². The molecule has 2 aromatic rings. The van der Waals surface area contributed by atoms with Crippen molar-refractivity contribution in [3.05, 3.63) is 35.7 Å². The summed E-state index contributed by atoms with van der Waals surface area (Å²) < 4.78 is 43.1. The third-order valence-electron chi connectivity index (χ3n) is 2.04. The SMILES string of the molecule is FC(F)(F)c1ccccc1-c1nnc(CCl)o1. The van der Waals surface area contributed by atoms with E-state index in [1.165, 1.54) is 18.2 Å². The zero-order chi connectivity index (χ0) is 12.5. The highest BCUT2D eigenvalue weighted by Gasteiger charge is 2.34. The van der Waals surface area contributed by atoms with Gasteiger partial charge in [0.25, 0.3) is 0 Å². The average molecular weight is 263 g/mol. The van der Waals surface area contributed by atoms with Gasteiger partial charge in [0.2, 0.25) is 11.8 Å². The highest BCUT2D eigenvalue weighted by molar-refractivity contribution is 6.16. The maximum atomic E-state index is 12.7. The fourth-order valence-corrected chi connectivity index (χ4v) is 1.44. The van der Waals surface area contributed by atoms with Gasteiger partial charge in [-0.2, -0.15) is 13.2 Å². The predicted molar refractivity (Wildman–Crippen MR) is 54.3 cm³/mol. The lowest BCUT2D eigenvalue weighted by Gasteiger charge is -2.09. The molecule has 0 aliphatic rings. The molecule has 0 unspecified atom stereocenters. The van der Waals surface area contributed by atoms with Crippen molar-refractivity contribution in [3.8, 4) is 11.5 Å². The molecule has 0 aliphatic heterocycles. The van der Waals surface area contributed by atoms with Crippen LogP contribution in [-0.2, 0) is 12.1 Å². The molecule has 1 heterocycles. The summed E-state index contributed by atoms with van der Waals surface area (Å²) in [5.41, 5.74) is -0.964. The molecule has 0 saturated heterocycles. The third-order valence-corrected chi connectivity index (χ3v) is 2.27. The molecule has 0 saturated carbocycles. The number of hydrogen-bond acceptors (Lipinski definition) is 3. The van der Waals surface area contributed by atoms with E-state index in [9.17, 15) is 13.2 Å². The first-order chi connectivity index (χ1) is 8.02. The number of aromatic nitrogens is 2. The molecule has 17 heavy (non-hydrogen) atoms. The van der Waals surface area contributed by atoms with E-state index in [0.29, 0.717) is 0 Å². The van der Waals surface area contributed by atoms with Crippen LogP contribution in [0.25, 0.3) is 11.5 Å². The van der Waals surface area contributed by atoms with Crippen LogP contribution in [0.2, 0.25) is 0 Å². The van der Waals surface area contributed by atoms with Crippen LogP contribution in [0, 0.1) is 0 Å². The Morgan fingerprint density at radius 1 is 1.18 bits per heavy atom. The van der Waals surface area contributed by atoms with E-state index in [2.05, 4.69) is 10.2 Å². The Morgan fingerprint density at radius 3 is 2.47 bits per heavy atom. The van der Waals surface area contributed by atoms with E-state index >= 15 is 0 Å². The summed E-state index contributed by atoms with van der Waals surface area (Å²) in [6, 6.07) is 4.99. The quantitative estimate of drug-likeness (QED) is 0.778. The van der Waals surface area contributed by atoms with Crippen molar-refractivity contribution in [2.75, 3.05) is 0 Å². The summed E-state index contributed by atoms with van der Waals surface area (Å²) in [7, 11) is 0. The molecule has 0 N–H and O–H groups in total. The molecule has 0 bridgehead atoms. The minimum Gasteiger partial charge on any atom is -0.419 e. The van der Waals surface area contributed by atoms with Crippen LogP contribution in [0.1, 0.15) is 11.5 Å². The second-order valence-corrected chi connectivity index (χ2v) is 3.45. The molecular formula is C10H6ClF3N2O. The highest BCUT2D eigenvalue weighted by atomic mass is 35.5. The van der Waals surface area contributed by atoms with Crippen molar-refractivity contribution < 1.29 is 17.6 Å². The van der Waals surface area contributed by atoms with Crippen LogP contribution >= 0.6 is 11.6 Å². The number of nitrogens with zero attached hydrogens (tertiary/aromatic N) is 2. The predicted octanol–water partition coefficient (Wildman–Crippen LogP) is 3.49. The number of benzene rings is 1. The molecule has 0 atom stereocenters. The number of halogens is 4. The summed E-state index contributed by atoms with van der Waals surface area (Å²) in [5.74, 6) is -0.145. The standard InChI is InChI=1S/C10H6ClF3N2O/c11-5-8-15-16-9(17-8)6-3-1-2-4-7(6)10(12,13)14/h1-4H,5H2. The van der Waals surface area contributed by atoms with Crippen molar-refractivity contribution in [3.63, 3.8) is 0 Å². The van der Waals surface area contributed by atoms with E-state index in [-0.39, 0.29) is 23.2 Å². The summed E-state index contributed by atoms with van der Waals surface area (Å²) in [4.78, 5) is 0. The van der Waals surface area contributed by atoms with Gasteiger partial charge in [-0.05, 0) is 12.1 Å². The number of hydrogen-bond donors (Lipinski definition) is 0. The van der Waals surface area contributed by atoms with Crippen molar-refractivity contribution >= 4 is 11.6 Å². The first-order valence-corrected chi connectivity index (χ1v) is 5.11. The summed E-state index contributed by atoms with van der Waals surface area (Å²) in [6.45, 7) is 0. The molecule has 0 amide bonds. The highest BCUT2D eigenvalue weighted by Crippen LogP contribution is 2.36. The van der Waals surface area contributed by atoms with Crippen LogP contribution in [0.4, 0.5) is 13.2 Å². The largest absolute Gasteiger partial charge is 0.419 e. The number of rotatable bonds is 2. The maximum Gasteiger partial charge on any atom is 0.417 e. The van der Waals surface area contributed by atoms with Crippen LogP contribution in [0.5, 0.6) is 0 Å². The molecule has 3 nitrogen and oxygen atoms in total. The lowest BCUT2D eigenvalue weighted by atomic mass is 10.1. The Bertz CT molecular complexity index is 524. The Hall–Kier alpha value is -1.56.